The molecule has 0 radical (unpaired) electrons. The lowest BCUT2D eigenvalue weighted by atomic mass is 10.0. The number of H-pyrrole nitrogens is 1. The van der Waals surface area contributed by atoms with Gasteiger partial charge >= 0.3 is 5.97 Å². The molecule has 0 saturated heterocycles. The van der Waals surface area contributed by atoms with Gasteiger partial charge in [-0.25, -0.2) is 4.79 Å². The molecule has 1 aromatic carbocycles. The minimum absolute atomic E-state index is 0.0173. The fraction of sp³-hybridized carbons (Fsp3) is 0.500. The molecule has 2 aromatic rings. The smallest absolute Gasteiger partial charge is 0.326 e. The Balaban J connectivity index is 2.11. The third-order valence-electron chi connectivity index (χ3n) is 6.17. The maximum absolute atomic E-state index is 13.2. The van der Waals surface area contributed by atoms with E-state index < -0.39 is 47.9 Å². The summed E-state index contributed by atoms with van der Waals surface area (Å²) in [7, 11) is 0. The Morgan fingerprint density at radius 2 is 1.62 bits per heavy atom. The predicted molar refractivity (Wildman–Crippen MR) is 157 cm³/mol. The number of carboxylic acid groups (broad SMARTS) is 1. The van der Waals surface area contributed by atoms with Crippen LogP contribution in [0.5, 0.6) is 0 Å². The second kappa shape index (κ2) is 15.7. The van der Waals surface area contributed by atoms with Crippen LogP contribution in [-0.2, 0) is 25.6 Å². The van der Waals surface area contributed by atoms with Gasteiger partial charge in [-0.05, 0) is 43.2 Å². The first-order valence-corrected chi connectivity index (χ1v) is 13.7. The molecule has 0 fully saturated rings. The molecule has 4 unspecified atom stereocenters. The average Bonchev–Trinajstić information content (AvgIpc) is 3.30. The lowest BCUT2D eigenvalue weighted by Crippen LogP contribution is -2.57. The van der Waals surface area contributed by atoms with Crippen molar-refractivity contribution in [3.8, 4) is 0 Å². The zero-order valence-electron chi connectivity index (χ0n) is 22.7. The summed E-state index contributed by atoms with van der Waals surface area (Å²) in [6, 6.07) is 3.34. The molecule has 0 spiro atoms. The van der Waals surface area contributed by atoms with Gasteiger partial charge in [-0.2, -0.15) is 12.6 Å². The highest BCUT2D eigenvalue weighted by molar-refractivity contribution is 7.80. The van der Waals surface area contributed by atoms with Crippen LogP contribution in [0.2, 0.25) is 0 Å². The summed E-state index contributed by atoms with van der Waals surface area (Å²) in [5.41, 5.74) is 18.7. The van der Waals surface area contributed by atoms with Gasteiger partial charge in [0.1, 0.15) is 18.1 Å². The number of nitrogens with one attached hydrogen (secondary N) is 4. The third kappa shape index (κ3) is 10.1. The van der Waals surface area contributed by atoms with E-state index in [0.717, 1.165) is 16.5 Å². The zero-order chi connectivity index (χ0) is 29.8. The Hall–Kier alpha value is -3.78. The molecule has 1 heterocycles. The van der Waals surface area contributed by atoms with Gasteiger partial charge in [-0.3, -0.25) is 19.4 Å². The Bertz CT molecular complexity index is 1200. The maximum Gasteiger partial charge on any atom is 0.326 e. The van der Waals surface area contributed by atoms with Crippen LogP contribution in [0, 0.1) is 5.92 Å². The predicted octanol–water partition coefficient (Wildman–Crippen LogP) is -0.394. The molecule has 2 rings (SSSR count). The van der Waals surface area contributed by atoms with Crippen LogP contribution >= 0.6 is 12.6 Å². The number of carbonyl (C=O) groups excluding carboxylic acids is 3. The first-order valence-electron chi connectivity index (χ1n) is 13.0. The van der Waals surface area contributed by atoms with Crippen molar-refractivity contribution >= 4 is 53.2 Å². The van der Waals surface area contributed by atoms with Crippen molar-refractivity contribution in [2.45, 2.75) is 63.7 Å². The molecule has 13 nitrogen and oxygen atoms in total. The fourth-order valence-corrected chi connectivity index (χ4v) is 4.37. The number of carboxylic acids is 1. The largest absolute Gasteiger partial charge is 0.480 e. The van der Waals surface area contributed by atoms with Gasteiger partial charge in [0.15, 0.2) is 5.96 Å². The van der Waals surface area contributed by atoms with Crippen molar-refractivity contribution in [3.63, 3.8) is 0 Å². The SMILES string of the molecule is CC(C)CC(NC(=O)C(CS)NC(=O)C(CCCN=C(N)N)NC(=O)C(N)Cc1c[nH]c2ccccc12)C(=O)O. The molecule has 4 atom stereocenters. The second-order valence-corrected chi connectivity index (χ2v) is 10.3. The number of hydrogen-bond acceptors (Lipinski definition) is 7. The summed E-state index contributed by atoms with van der Waals surface area (Å²) < 4.78 is 0. The van der Waals surface area contributed by atoms with Crippen molar-refractivity contribution in [2.75, 3.05) is 12.3 Å². The van der Waals surface area contributed by atoms with E-state index >= 15 is 0 Å². The van der Waals surface area contributed by atoms with Gasteiger partial charge in [-0.15, -0.1) is 0 Å². The van der Waals surface area contributed by atoms with Crippen LogP contribution in [0.3, 0.4) is 0 Å². The van der Waals surface area contributed by atoms with E-state index in [9.17, 15) is 24.3 Å². The average molecular weight is 577 g/mol. The number of rotatable bonds is 16. The summed E-state index contributed by atoms with van der Waals surface area (Å²) in [6.45, 7) is 3.88. The number of thiol groups is 1. The Morgan fingerprint density at radius 3 is 2.25 bits per heavy atom. The topological polar surface area (TPSA) is 231 Å². The summed E-state index contributed by atoms with van der Waals surface area (Å²) in [5.74, 6) is -3.27. The van der Waals surface area contributed by atoms with Crippen LogP contribution in [0.15, 0.2) is 35.5 Å². The molecule has 0 aliphatic rings. The molecule has 14 heteroatoms. The molecule has 3 amide bonds. The number of amides is 3. The van der Waals surface area contributed by atoms with Crippen molar-refractivity contribution in [1.29, 1.82) is 0 Å². The van der Waals surface area contributed by atoms with E-state index in [4.69, 9.17) is 17.2 Å². The van der Waals surface area contributed by atoms with Crippen molar-refractivity contribution in [2.24, 2.45) is 28.1 Å². The van der Waals surface area contributed by atoms with Crippen molar-refractivity contribution in [3.05, 3.63) is 36.0 Å². The molecule has 0 saturated carbocycles. The molecule has 1 aromatic heterocycles. The van der Waals surface area contributed by atoms with Gasteiger partial charge in [-0.1, -0.05) is 32.0 Å². The standard InChI is InChI=1S/C26H40N8O5S/c1-14(2)10-20(25(38)39)33-24(37)21(13-40)34-23(36)19(8-5-9-30-26(28)29)32-22(35)17(27)11-15-12-31-18-7-4-3-6-16(15)18/h3-4,6-7,12,14,17,19-21,31,40H,5,8-11,13,27H2,1-2H3,(H,32,35)(H,33,37)(H,34,36)(H,38,39)(H4,28,29,30). The number of aliphatic imine (C=N–C) groups is 1. The molecule has 0 aliphatic carbocycles. The third-order valence-corrected chi connectivity index (χ3v) is 6.53. The minimum Gasteiger partial charge on any atom is -0.480 e. The van der Waals surface area contributed by atoms with E-state index in [0.29, 0.717) is 6.42 Å². The Labute approximate surface area is 238 Å². The molecule has 40 heavy (non-hydrogen) atoms. The van der Waals surface area contributed by atoms with Crippen LogP contribution in [0.1, 0.15) is 38.7 Å². The van der Waals surface area contributed by atoms with E-state index in [-0.39, 0.29) is 43.4 Å². The molecule has 0 bridgehead atoms. The number of guanidine groups is 1. The highest BCUT2D eigenvalue weighted by atomic mass is 32.1. The number of aliphatic carboxylic acids is 1. The van der Waals surface area contributed by atoms with Gasteiger partial charge in [0.25, 0.3) is 0 Å². The van der Waals surface area contributed by atoms with E-state index in [1.165, 1.54) is 0 Å². The second-order valence-electron chi connectivity index (χ2n) is 9.95. The number of nitrogens with zero attached hydrogens (tertiary/aromatic N) is 1. The quantitative estimate of drug-likeness (QED) is 0.0551. The van der Waals surface area contributed by atoms with Crippen molar-refractivity contribution < 1.29 is 24.3 Å². The Morgan fingerprint density at radius 1 is 1.00 bits per heavy atom. The number of aromatic amines is 1. The highest BCUT2D eigenvalue weighted by Gasteiger charge is 2.30. The van der Waals surface area contributed by atoms with Gasteiger partial charge < -0.3 is 43.2 Å². The van der Waals surface area contributed by atoms with E-state index in [1.807, 2.05) is 38.1 Å². The van der Waals surface area contributed by atoms with Crippen LogP contribution < -0.4 is 33.2 Å². The van der Waals surface area contributed by atoms with E-state index in [1.54, 1.807) is 6.20 Å². The summed E-state index contributed by atoms with van der Waals surface area (Å²) in [6.07, 6.45) is 2.73. The number of benzene rings is 1. The summed E-state index contributed by atoms with van der Waals surface area (Å²) in [4.78, 5) is 57.6. The fourth-order valence-electron chi connectivity index (χ4n) is 4.11. The van der Waals surface area contributed by atoms with Gasteiger partial charge in [0, 0.05) is 29.4 Å². The summed E-state index contributed by atoms with van der Waals surface area (Å²) >= 11 is 4.15. The van der Waals surface area contributed by atoms with Crippen molar-refractivity contribution in [1.82, 2.24) is 20.9 Å². The maximum atomic E-state index is 13.2. The molecule has 11 N–H and O–H groups in total. The monoisotopic (exact) mass is 576 g/mol. The highest BCUT2D eigenvalue weighted by Crippen LogP contribution is 2.19. The molecular weight excluding hydrogens is 536 g/mol. The minimum atomic E-state index is -1.18. The first-order chi connectivity index (χ1) is 18.9. The van der Waals surface area contributed by atoms with Gasteiger partial charge in [0.2, 0.25) is 17.7 Å². The normalized spacial score (nSPS) is 14.1. The van der Waals surface area contributed by atoms with Crippen LogP contribution in [-0.4, -0.2) is 76.2 Å². The van der Waals surface area contributed by atoms with Gasteiger partial charge in [0.05, 0.1) is 6.04 Å². The lowest BCUT2D eigenvalue weighted by Gasteiger charge is -2.25. The van der Waals surface area contributed by atoms with Crippen LogP contribution in [0.4, 0.5) is 0 Å². The molecular formula is C26H40N8O5S. The molecule has 0 aliphatic heterocycles. The number of hydrogen-bond donors (Lipinski definition) is 9. The molecule has 220 valence electrons. The first kappa shape index (κ1) is 32.4. The summed E-state index contributed by atoms with van der Waals surface area (Å²) in [5, 5.41) is 18.1. The number of carbonyl (C=O) groups is 4. The number of aromatic nitrogens is 1. The Kier molecular flexibility index (Phi) is 12.7. The number of nitrogens with two attached hydrogens (primary N) is 3. The van der Waals surface area contributed by atoms with E-state index in [2.05, 4.69) is 38.6 Å². The number of fused-ring (bicyclic) bond motifs is 1. The lowest BCUT2D eigenvalue weighted by molar-refractivity contribution is -0.142. The zero-order valence-corrected chi connectivity index (χ0v) is 23.6. The number of para-hydroxylation sites is 1. The van der Waals surface area contributed by atoms with Crippen LogP contribution in [0.25, 0.3) is 10.9 Å².